The zero-order chi connectivity index (χ0) is 12.5. The number of rotatable bonds is 2. The minimum Gasteiger partial charge on any atom is -0.327 e. The maximum absolute atomic E-state index is 6.92. The summed E-state index contributed by atoms with van der Waals surface area (Å²) >= 11 is 0. The van der Waals surface area contributed by atoms with Gasteiger partial charge >= 0.3 is 0 Å². The molecule has 0 aliphatic heterocycles. The molecule has 1 aromatic heterocycles. The van der Waals surface area contributed by atoms with Crippen LogP contribution in [0.4, 0.5) is 5.69 Å². The van der Waals surface area contributed by atoms with Crippen LogP contribution in [0.5, 0.6) is 0 Å². The van der Waals surface area contributed by atoms with E-state index >= 15 is 0 Å². The first-order valence-corrected chi connectivity index (χ1v) is 5.97. The summed E-state index contributed by atoms with van der Waals surface area (Å²) in [5, 5.41) is 0. The first kappa shape index (κ1) is 10.9. The Morgan fingerprint density at radius 1 is 1.17 bits per heavy atom. The van der Waals surface area contributed by atoms with Crippen molar-refractivity contribution in [1.82, 2.24) is 4.98 Å². The molecule has 0 amide bonds. The average Bonchev–Trinajstić information content (AvgIpc) is 3.16. The zero-order valence-electron chi connectivity index (χ0n) is 9.88. The highest BCUT2D eigenvalue weighted by molar-refractivity contribution is 5.63. The van der Waals surface area contributed by atoms with Gasteiger partial charge in [0, 0.05) is 18.2 Å². The van der Waals surface area contributed by atoms with E-state index < -0.39 is 0 Å². The summed E-state index contributed by atoms with van der Waals surface area (Å²) in [4.78, 5) is 7.84. The fourth-order valence-electron chi connectivity index (χ4n) is 2.10. The van der Waals surface area contributed by atoms with E-state index in [1.807, 2.05) is 36.5 Å². The van der Waals surface area contributed by atoms with Crippen LogP contribution in [0, 0.1) is 6.57 Å². The molecule has 0 radical (unpaired) electrons. The summed E-state index contributed by atoms with van der Waals surface area (Å²) in [5.41, 5.74) is 9.67. The van der Waals surface area contributed by atoms with E-state index in [4.69, 9.17) is 12.3 Å². The lowest BCUT2D eigenvalue weighted by atomic mass is 10.1. The molecule has 0 bridgehead atoms. The van der Waals surface area contributed by atoms with Crippen LogP contribution >= 0.6 is 0 Å². The van der Waals surface area contributed by atoms with Crippen LogP contribution in [0.1, 0.15) is 17.9 Å². The second kappa shape index (κ2) is 4.25. The molecule has 2 aromatic rings. The van der Waals surface area contributed by atoms with Gasteiger partial charge in [0.2, 0.25) is 0 Å². The van der Waals surface area contributed by atoms with Gasteiger partial charge in [0.05, 0.1) is 12.3 Å². The molecular weight excluding hydrogens is 222 g/mol. The molecule has 1 aliphatic rings. The van der Waals surface area contributed by atoms with Crippen molar-refractivity contribution < 1.29 is 0 Å². The van der Waals surface area contributed by atoms with E-state index in [2.05, 4.69) is 15.9 Å². The van der Waals surface area contributed by atoms with E-state index in [1.165, 1.54) is 5.56 Å². The summed E-state index contributed by atoms with van der Waals surface area (Å²) in [6, 6.07) is 11.9. The molecular formula is C15H13N3. The first-order chi connectivity index (χ1) is 8.78. The summed E-state index contributed by atoms with van der Waals surface area (Å²) in [7, 11) is 0. The molecule has 0 saturated heterocycles. The fourth-order valence-corrected chi connectivity index (χ4v) is 2.10. The minimum atomic E-state index is 0.315. The first-order valence-electron chi connectivity index (χ1n) is 5.97. The van der Waals surface area contributed by atoms with Gasteiger partial charge in [-0.2, -0.15) is 0 Å². The van der Waals surface area contributed by atoms with Gasteiger partial charge in [0.1, 0.15) is 0 Å². The number of benzene rings is 1. The normalized spacial score (nSPS) is 21.3. The Balaban J connectivity index is 1.85. The van der Waals surface area contributed by atoms with E-state index in [-0.39, 0.29) is 0 Å². The van der Waals surface area contributed by atoms with E-state index in [1.54, 1.807) is 0 Å². The Hall–Kier alpha value is -2.18. The van der Waals surface area contributed by atoms with Crippen LogP contribution in [-0.2, 0) is 0 Å². The van der Waals surface area contributed by atoms with Crippen LogP contribution in [-0.4, -0.2) is 11.0 Å². The summed E-state index contributed by atoms with van der Waals surface area (Å²) in [6.45, 7) is 6.92. The Bertz CT molecular complexity index is 593. The zero-order valence-corrected chi connectivity index (χ0v) is 9.88. The molecule has 2 N–H and O–H groups in total. The number of nitrogens with two attached hydrogens (primary N) is 1. The van der Waals surface area contributed by atoms with Crippen molar-refractivity contribution in [2.45, 2.75) is 18.4 Å². The molecule has 88 valence electrons. The third kappa shape index (κ3) is 1.99. The van der Waals surface area contributed by atoms with Gasteiger partial charge in [0.25, 0.3) is 0 Å². The monoisotopic (exact) mass is 235 g/mol. The lowest BCUT2D eigenvalue weighted by molar-refractivity contribution is 0.981. The third-order valence-corrected chi connectivity index (χ3v) is 3.35. The number of hydrogen-bond donors (Lipinski definition) is 1. The second-order valence-electron chi connectivity index (χ2n) is 4.64. The molecule has 1 aromatic carbocycles. The van der Waals surface area contributed by atoms with E-state index in [0.29, 0.717) is 17.6 Å². The second-order valence-corrected chi connectivity index (χ2v) is 4.64. The maximum Gasteiger partial charge on any atom is 0.187 e. The van der Waals surface area contributed by atoms with Crippen LogP contribution in [0.3, 0.4) is 0 Å². The van der Waals surface area contributed by atoms with Crippen LogP contribution < -0.4 is 5.73 Å². The van der Waals surface area contributed by atoms with Crippen molar-refractivity contribution in [3.63, 3.8) is 0 Å². The number of nitrogens with zero attached hydrogens (tertiary/aromatic N) is 2. The molecule has 1 fully saturated rings. The summed E-state index contributed by atoms with van der Waals surface area (Å²) < 4.78 is 0. The van der Waals surface area contributed by atoms with Gasteiger partial charge in [0.15, 0.2) is 5.69 Å². The molecule has 3 nitrogen and oxygen atoms in total. The highest BCUT2D eigenvalue weighted by Gasteiger charge is 2.34. The summed E-state index contributed by atoms with van der Waals surface area (Å²) in [6.07, 6.45) is 2.98. The van der Waals surface area contributed by atoms with Gasteiger partial charge in [-0.15, -0.1) is 0 Å². The van der Waals surface area contributed by atoms with Gasteiger partial charge in [-0.25, -0.2) is 4.85 Å². The van der Waals surface area contributed by atoms with Gasteiger partial charge in [-0.05, 0) is 23.6 Å². The predicted octanol–water partition coefficient (Wildman–Crippen LogP) is 3.11. The lowest BCUT2D eigenvalue weighted by Crippen LogP contribution is -2.01. The quantitative estimate of drug-likeness (QED) is 0.813. The van der Waals surface area contributed by atoms with Crippen molar-refractivity contribution in [2.24, 2.45) is 5.73 Å². The van der Waals surface area contributed by atoms with Crippen molar-refractivity contribution in [3.8, 4) is 11.3 Å². The average molecular weight is 235 g/mol. The van der Waals surface area contributed by atoms with E-state index in [9.17, 15) is 0 Å². The molecule has 2 atom stereocenters. The SMILES string of the molecule is [C-]#[N+]c1ccc(-c2ccc([C@H]3C[C@@H]3N)cn2)cc1. The molecule has 3 heteroatoms. The standard InChI is InChI=1S/C15H13N3/c1-17-12-5-2-10(3-6-12)15-7-4-11(9-18-15)13-8-14(13)16/h2-7,9,13-14H,8,16H2/t13-,14+/m1/s1. The van der Waals surface area contributed by atoms with Crippen molar-refractivity contribution in [1.29, 1.82) is 0 Å². The van der Waals surface area contributed by atoms with Crippen LogP contribution in [0.25, 0.3) is 16.1 Å². The van der Waals surface area contributed by atoms with Crippen molar-refractivity contribution in [3.05, 3.63) is 59.6 Å². The number of pyridine rings is 1. The molecule has 3 rings (SSSR count). The van der Waals surface area contributed by atoms with Gasteiger partial charge in [-0.1, -0.05) is 30.3 Å². The Morgan fingerprint density at radius 2 is 1.89 bits per heavy atom. The molecule has 0 spiro atoms. The Kier molecular flexibility index (Phi) is 2.58. The van der Waals surface area contributed by atoms with E-state index in [0.717, 1.165) is 17.7 Å². The molecule has 1 aliphatic carbocycles. The Morgan fingerprint density at radius 3 is 2.39 bits per heavy atom. The summed E-state index contributed by atoms with van der Waals surface area (Å²) in [5.74, 6) is 0.496. The van der Waals surface area contributed by atoms with Crippen molar-refractivity contribution in [2.75, 3.05) is 0 Å². The molecule has 0 unspecified atom stereocenters. The number of hydrogen-bond acceptors (Lipinski definition) is 2. The largest absolute Gasteiger partial charge is 0.327 e. The Labute approximate surface area is 106 Å². The van der Waals surface area contributed by atoms with Crippen LogP contribution in [0.2, 0.25) is 0 Å². The van der Waals surface area contributed by atoms with Gasteiger partial charge in [-0.3, -0.25) is 4.98 Å². The highest BCUT2D eigenvalue weighted by atomic mass is 14.8. The molecule has 18 heavy (non-hydrogen) atoms. The maximum atomic E-state index is 6.92. The highest BCUT2D eigenvalue weighted by Crippen LogP contribution is 2.38. The third-order valence-electron chi connectivity index (χ3n) is 3.35. The van der Waals surface area contributed by atoms with Crippen molar-refractivity contribution >= 4 is 5.69 Å². The smallest absolute Gasteiger partial charge is 0.187 e. The fraction of sp³-hybridized carbons (Fsp3) is 0.200. The minimum absolute atomic E-state index is 0.315. The predicted molar refractivity (Wildman–Crippen MR) is 71.3 cm³/mol. The lowest BCUT2D eigenvalue weighted by Gasteiger charge is -2.03. The number of aromatic nitrogens is 1. The van der Waals surface area contributed by atoms with Crippen LogP contribution in [0.15, 0.2) is 42.6 Å². The molecule has 1 saturated carbocycles. The molecule has 1 heterocycles. The van der Waals surface area contributed by atoms with Gasteiger partial charge < -0.3 is 5.73 Å². The topological polar surface area (TPSA) is 43.3 Å².